The summed E-state index contributed by atoms with van der Waals surface area (Å²) in [5.74, 6) is -2.43. The van der Waals surface area contributed by atoms with Crippen LogP contribution in [0.4, 0.5) is 5.69 Å². The van der Waals surface area contributed by atoms with Crippen molar-refractivity contribution < 1.29 is 19.4 Å². The molecular weight excluding hydrogens is 328 g/mol. The van der Waals surface area contributed by atoms with Crippen molar-refractivity contribution in [3.05, 3.63) is 34.4 Å². The van der Waals surface area contributed by atoms with Gasteiger partial charge in [-0.25, -0.2) is 9.78 Å². The van der Waals surface area contributed by atoms with Gasteiger partial charge >= 0.3 is 5.97 Å². The second-order valence-corrected chi connectivity index (χ2v) is 4.48. The molecule has 0 aliphatic heterocycles. The van der Waals surface area contributed by atoms with Crippen molar-refractivity contribution in [3.63, 3.8) is 0 Å². The molecule has 3 N–H and O–H groups in total. The van der Waals surface area contributed by atoms with Gasteiger partial charge in [0.05, 0.1) is 19.0 Å². The summed E-state index contributed by atoms with van der Waals surface area (Å²) in [6.07, 6.45) is 1.32. The molecular formula is C13H11ClN4O5. The van der Waals surface area contributed by atoms with Gasteiger partial charge in [0.1, 0.15) is 11.6 Å². The van der Waals surface area contributed by atoms with Gasteiger partial charge < -0.3 is 20.1 Å². The van der Waals surface area contributed by atoms with Gasteiger partial charge in [-0.1, -0.05) is 0 Å². The van der Waals surface area contributed by atoms with Crippen LogP contribution in [0, 0.1) is 0 Å². The van der Waals surface area contributed by atoms with Gasteiger partial charge in [0.2, 0.25) is 11.7 Å². The van der Waals surface area contributed by atoms with Crippen LogP contribution < -0.4 is 10.9 Å². The SMILES string of the molecule is COC(=O)c1nc(-c2ccc(NC(=O)CCl)cn2)[nH]c(=O)c1O. The molecule has 9 nitrogen and oxygen atoms in total. The molecule has 0 atom stereocenters. The molecule has 2 aromatic heterocycles. The molecule has 0 spiro atoms. The van der Waals surface area contributed by atoms with Crippen molar-refractivity contribution in [2.45, 2.75) is 0 Å². The lowest BCUT2D eigenvalue weighted by Gasteiger charge is -2.06. The molecule has 2 aromatic rings. The van der Waals surface area contributed by atoms with Gasteiger partial charge in [-0.05, 0) is 12.1 Å². The number of aromatic hydroxyl groups is 1. The number of amides is 1. The molecule has 0 saturated carbocycles. The number of carbonyl (C=O) groups is 2. The Balaban J connectivity index is 2.39. The maximum Gasteiger partial charge on any atom is 0.360 e. The summed E-state index contributed by atoms with van der Waals surface area (Å²) >= 11 is 5.37. The first-order valence-electron chi connectivity index (χ1n) is 6.20. The van der Waals surface area contributed by atoms with E-state index in [2.05, 4.69) is 25.0 Å². The zero-order valence-electron chi connectivity index (χ0n) is 11.8. The van der Waals surface area contributed by atoms with Crippen LogP contribution in [0.2, 0.25) is 0 Å². The summed E-state index contributed by atoms with van der Waals surface area (Å²) in [5, 5.41) is 12.0. The van der Waals surface area contributed by atoms with Crippen LogP contribution in [0.5, 0.6) is 5.75 Å². The predicted molar refractivity (Wildman–Crippen MR) is 80.4 cm³/mol. The summed E-state index contributed by atoms with van der Waals surface area (Å²) in [6.45, 7) is 0. The third kappa shape index (κ3) is 3.64. The second kappa shape index (κ2) is 6.88. The van der Waals surface area contributed by atoms with Crippen LogP contribution >= 0.6 is 11.6 Å². The zero-order chi connectivity index (χ0) is 17.0. The quantitative estimate of drug-likeness (QED) is 0.545. The first-order valence-corrected chi connectivity index (χ1v) is 6.73. The molecule has 0 radical (unpaired) electrons. The van der Waals surface area contributed by atoms with Crippen LogP contribution in [0.25, 0.3) is 11.5 Å². The summed E-state index contributed by atoms with van der Waals surface area (Å²) < 4.78 is 4.44. The second-order valence-electron chi connectivity index (χ2n) is 4.22. The standard InChI is InChI=1S/C13H11ClN4O5/c1-23-13(22)9-10(20)12(21)18-11(17-9)7-3-2-6(5-15-7)16-8(19)4-14/h2-3,5,20H,4H2,1H3,(H,16,19)(H,17,18,21). The van der Waals surface area contributed by atoms with E-state index in [-0.39, 0.29) is 17.4 Å². The number of H-pyrrole nitrogens is 1. The minimum Gasteiger partial charge on any atom is -0.501 e. The smallest absolute Gasteiger partial charge is 0.360 e. The number of aromatic amines is 1. The normalized spacial score (nSPS) is 10.2. The van der Waals surface area contributed by atoms with Crippen LogP contribution in [-0.4, -0.2) is 44.9 Å². The molecule has 0 aliphatic carbocycles. The van der Waals surface area contributed by atoms with Crippen molar-refractivity contribution >= 4 is 29.2 Å². The van der Waals surface area contributed by atoms with Crippen LogP contribution in [0.15, 0.2) is 23.1 Å². The number of methoxy groups -OCH3 is 1. The Hall–Kier alpha value is -2.94. The summed E-state index contributed by atoms with van der Waals surface area (Å²) in [7, 11) is 1.09. The zero-order valence-corrected chi connectivity index (χ0v) is 12.5. The largest absolute Gasteiger partial charge is 0.501 e. The monoisotopic (exact) mass is 338 g/mol. The van der Waals surface area contributed by atoms with Gasteiger partial charge in [-0.15, -0.1) is 11.6 Å². The number of anilines is 1. The molecule has 2 heterocycles. The summed E-state index contributed by atoms with van der Waals surface area (Å²) in [5.41, 5.74) is -0.811. The minimum atomic E-state index is -0.958. The highest BCUT2D eigenvalue weighted by molar-refractivity contribution is 6.29. The van der Waals surface area contributed by atoms with E-state index in [1.165, 1.54) is 18.3 Å². The Kier molecular flexibility index (Phi) is 4.91. The van der Waals surface area contributed by atoms with E-state index in [0.717, 1.165) is 7.11 Å². The molecule has 0 aliphatic rings. The van der Waals surface area contributed by atoms with Crippen molar-refractivity contribution in [2.75, 3.05) is 18.3 Å². The molecule has 0 fully saturated rings. The Morgan fingerprint density at radius 1 is 1.43 bits per heavy atom. The van der Waals surface area contributed by atoms with Crippen LogP contribution in [-0.2, 0) is 9.53 Å². The minimum absolute atomic E-state index is 0.0385. The van der Waals surface area contributed by atoms with Gasteiger partial charge in [0.15, 0.2) is 11.5 Å². The highest BCUT2D eigenvalue weighted by Crippen LogP contribution is 2.17. The number of hydrogen-bond acceptors (Lipinski definition) is 7. The maximum atomic E-state index is 11.7. The third-order valence-corrected chi connectivity index (χ3v) is 2.93. The fourth-order valence-corrected chi connectivity index (χ4v) is 1.70. The number of esters is 1. The number of carbonyl (C=O) groups excluding carboxylic acids is 2. The van der Waals surface area contributed by atoms with E-state index < -0.39 is 28.9 Å². The van der Waals surface area contributed by atoms with E-state index in [9.17, 15) is 19.5 Å². The number of nitrogens with zero attached hydrogens (tertiary/aromatic N) is 2. The third-order valence-electron chi connectivity index (χ3n) is 2.68. The highest BCUT2D eigenvalue weighted by Gasteiger charge is 2.19. The lowest BCUT2D eigenvalue weighted by Crippen LogP contribution is -2.16. The number of alkyl halides is 1. The number of aromatic nitrogens is 3. The van der Waals surface area contributed by atoms with Gasteiger partial charge in [0.25, 0.3) is 5.56 Å². The Morgan fingerprint density at radius 3 is 2.74 bits per heavy atom. The van der Waals surface area contributed by atoms with Crippen molar-refractivity contribution in [2.24, 2.45) is 0 Å². The van der Waals surface area contributed by atoms with Crippen molar-refractivity contribution in [3.8, 4) is 17.3 Å². The predicted octanol–water partition coefficient (Wildman–Crippen LogP) is 0.501. The Bertz CT molecular complexity index is 803. The molecule has 10 heteroatoms. The number of pyridine rings is 1. The molecule has 0 unspecified atom stereocenters. The van der Waals surface area contributed by atoms with Gasteiger partial charge in [-0.3, -0.25) is 14.6 Å². The molecule has 0 saturated heterocycles. The van der Waals surface area contributed by atoms with Crippen molar-refractivity contribution in [1.82, 2.24) is 15.0 Å². The fraction of sp³-hybridized carbons (Fsp3) is 0.154. The number of rotatable bonds is 4. The fourth-order valence-electron chi connectivity index (χ4n) is 1.63. The highest BCUT2D eigenvalue weighted by atomic mass is 35.5. The summed E-state index contributed by atoms with van der Waals surface area (Å²) in [4.78, 5) is 44.4. The molecule has 1 amide bonds. The number of hydrogen-bond donors (Lipinski definition) is 3. The number of nitrogens with one attached hydrogen (secondary N) is 2. The molecule has 2 rings (SSSR count). The average Bonchev–Trinajstić information content (AvgIpc) is 2.57. The number of ether oxygens (including phenoxy) is 1. The van der Waals surface area contributed by atoms with E-state index in [0.29, 0.717) is 5.69 Å². The van der Waals surface area contributed by atoms with Gasteiger partial charge in [-0.2, -0.15) is 0 Å². The Labute approximate surface area is 134 Å². The molecule has 23 heavy (non-hydrogen) atoms. The molecule has 120 valence electrons. The average molecular weight is 339 g/mol. The summed E-state index contributed by atoms with van der Waals surface area (Å²) in [6, 6.07) is 2.97. The number of halogens is 1. The van der Waals surface area contributed by atoms with E-state index in [4.69, 9.17) is 11.6 Å². The maximum absolute atomic E-state index is 11.7. The molecule has 0 bridgehead atoms. The lowest BCUT2D eigenvalue weighted by molar-refractivity contribution is -0.113. The topological polar surface area (TPSA) is 134 Å². The van der Waals surface area contributed by atoms with Crippen LogP contribution in [0.1, 0.15) is 10.5 Å². The van der Waals surface area contributed by atoms with E-state index in [1.807, 2.05) is 0 Å². The van der Waals surface area contributed by atoms with Gasteiger partial charge in [0, 0.05) is 0 Å². The lowest BCUT2D eigenvalue weighted by atomic mass is 10.3. The van der Waals surface area contributed by atoms with Crippen molar-refractivity contribution in [1.29, 1.82) is 0 Å². The van der Waals surface area contributed by atoms with E-state index >= 15 is 0 Å². The van der Waals surface area contributed by atoms with E-state index in [1.54, 1.807) is 0 Å². The van der Waals surface area contributed by atoms with Crippen LogP contribution in [0.3, 0.4) is 0 Å². The first kappa shape index (κ1) is 16.4. The molecule has 0 aromatic carbocycles. The Morgan fingerprint density at radius 2 is 2.17 bits per heavy atom. The first-order chi connectivity index (χ1) is 11.0.